The number of hydrogen-bond acceptors (Lipinski definition) is 3. The maximum Gasteiger partial charge on any atom is 0.191 e. The third kappa shape index (κ3) is 5.68. The summed E-state index contributed by atoms with van der Waals surface area (Å²) in [6.07, 6.45) is 0.714. The Balaban J connectivity index is 0.00000300. The van der Waals surface area contributed by atoms with E-state index in [2.05, 4.69) is 15.6 Å². The van der Waals surface area contributed by atoms with Gasteiger partial charge in [-0.3, -0.25) is 4.99 Å². The van der Waals surface area contributed by atoms with Crippen molar-refractivity contribution < 1.29 is 17.9 Å². The van der Waals surface area contributed by atoms with Crippen molar-refractivity contribution in [3.05, 3.63) is 59.4 Å². The number of rotatable bonds is 5. The molecule has 0 saturated carbocycles. The zero-order valence-electron chi connectivity index (χ0n) is 16.2. The molecule has 1 aliphatic heterocycles. The van der Waals surface area contributed by atoms with Crippen molar-refractivity contribution in [2.24, 2.45) is 4.99 Å². The third-order valence-electron chi connectivity index (χ3n) is 4.68. The molecule has 1 saturated heterocycles. The lowest BCUT2D eigenvalue weighted by atomic mass is 10.2. The van der Waals surface area contributed by atoms with Gasteiger partial charge < -0.3 is 20.3 Å². The van der Waals surface area contributed by atoms with Gasteiger partial charge in [0.25, 0.3) is 0 Å². The highest BCUT2D eigenvalue weighted by atomic mass is 127. The predicted molar refractivity (Wildman–Crippen MR) is 119 cm³/mol. The zero-order valence-corrected chi connectivity index (χ0v) is 18.5. The van der Waals surface area contributed by atoms with E-state index < -0.39 is 17.5 Å². The fraction of sp³-hybridized carbons (Fsp3) is 0.350. The van der Waals surface area contributed by atoms with E-state index in [9.17, 15) is 13.2 Å². The summed E-state index contributed by atoms with van der Waals surface area (Å²) >= 11 is 0. The highest BCUT2D eigenvalue weighted by Crippen LogP contribution is 2.26. The van der Waals surface area contributed by atoms with Crippen LogP contribution in [0.5, 0.6) is 5.75 Å². The Morgan fingerprint density at radius 2 is 1.90 bits per heavy atom. The first-order chi connectivity index (χ1) is 13.5. The summed E-state index contributed by atoms with van der Waals surface area (Å²) in [5.74, 6) is -0.827. The molecule has 0 spiro atoms. The summed E-state index contributed by atoms with van der Waals surface area (Å²) < 4.78 is 46.6. The van der Waals surface area contributed by atoms with Crippen LogP contribution in [0, 0.1) is 17.5 Å². The lowest BCUT2D eigenvalue weighted by Crippen LogP contribution is -2.44. The molecule has 2 aromatic rings. The molecule has 2 aromatic carbocycles. The normalized spacial score (nSPS) is 16.4. The summed E-state index contributed by atoms with van der Waals surface area (Å²) in [5, 5.41) is 6.36. The van der Waals surface area contributed by atoms with Crippen LogP contribution in [0.3, 0.4) is 0 Å². The molecule has 1 aliphatic rings. The van der Waals surface area contributed by atoms with E-state index in [1.165, 1.54) is 31.4 Å². The molecule has 0 aromatic heterocycles. The number of hydrogen-bond donors (Lipinski definition) is 2. The molecule has 3 rings (SSSR count). The summed E-state index contributed by atoms with van der Waals surface area (Å²) in [4.78, 5) is 5.85. The molecular formula is C20H24F3IN4O. The van der Waals surface area contributed by atoms with Crippen molar-refractivity contribution in [3.8, 4) is 5.75 Å². The van der Waals surface area contributed by atoms with Crippen molar-refractivity contribution in [2.75, 3.05) is 32.1 Å². The summed E-state index contributed by atoms with van der Waals surface area (Å²) in [7, 11) is 3.05. The molecule has 0 radical (unpaired) electrons. The molecule has 29 heavy (non-hydrogen) atoms. The smallest absolute Gasteiger partial charge is 0.191 e. The number of methoxy groups -OCH3 is 1. The van der Waals surface area contributed by atoms with Gasteiger partial charge in [-0.1, -0.05) is 12.1 Å². The highest BCUT2D eigenvalue weighted by molar-refractivity contribution is 14.0. The largest absolute Gasteiger partial charge is 0.494 e. The van der Waals surface area contributed by atoms with E-state index in [4.69, 9.17) is 4.74 Å². The molecule has 1 unspecified atom stereocenters. The summed E-state index contributed by atoms with van der Waals surface area (Å²) in [5.41, 5.74) is 0.742. The van der Waals surface area contributed by atoms with Gasteiger partial charge in [0.2, 0.25) is 0 Å². The van der Waals surface area contributed by atoms with E-state index in [0.29, 0.717) is 32.0 Å². The van der Waals surface area contributed by atoms with Gasteiger partial charge in [-0.2, -0.15) is 0 Å². The van der Waals surface area contributed by atoms with Gasteiger partial charge in [0.1, 0.15) is 17.3 Å². The van der Waals surface area contributed by atoms with Gasteiger partial charge in [-0.15, -0.1) is 24.0 Å². The van der Waals surface area contributed by atoms with Crippen LogP contribution in [0.1, 0.15) is 12.0 Å². The van der Waals surface area contributed by atoms with Crippen LogP contribution in [0.4, 0.5) is 18.9 Å². The Hall–Kier alpha value is -2.17. The average Bonchev–Trinajstić information content (AvgIpc) is 3.13. The van der Waals surface area contributed by atoms with Crippen molar-refractivity contribution in [2.45, 2.75) is 19.0 Å². The Labute approximate surface area is 185 Å². The fourth-order valence-electron chi connectivity index (χ4n) is 3.27. The van der Waals surface area contributed by atoms with Crippen LogP contribution in [0.15, 0.2) is 41.4 Å². The number of guanidine groups is 1. The lowest BCUT2D eigenvalue weighted by molar-refractivity contribution is 0.386. The van der Waals surface area contributed by atoms with Gasteiger partial charge >= 0.3 is 0 Å². The second-order valence-corrected chi connectivity index (χ2v) is 6.54. The minimum atomic E-state index is -0.565. The Morgan fingerprint density at radius 3 is 2.52 bits per heavy atom. The van der Waals surface area contributed by atoms with Gasteiger partial charge in [-0.05, 0) is 36.2 Å². The van der Waals surface area contributed by atoms with E-state index >= 15 is 0 Å². The Kier molecular flexibility index (Phi) is 8.42. The fourth-order valence-corrected chi connectivity index (χ4v) is 3.27. The minimum absolute atomic E-state index is 0. The van der Waals surface area contributed by atoms with Crippen LogP contribution in [-0.4, -0.2) is 39.2 Å². The quantitative estimate of drug-likeness (QED) is 0.359. The molecule has 0 aliphatic carbocycles. The van der Waals surface area contributed by atoms with Gasteiger partial charge in [0.05, 0.1) is 7.11 Å². The monoisotopic (exact) mass is 520 g/mol. The maximum absolute atomic E-state index is 14.0. The molecule has 1 atom stereocenters. The molecule has 1 fully saturated rings. The van der Waals surface area contributed by atoms with E-state index in [0.717, 1.165) is 5.56 Å². The second-order valence-electron chi connectivity index (χ2n) is 6.54. The molecule has 0 amide bonds. The van der Waals surface area contributed by atoms with E-state index in [-0.39, 0.29) is 41.5 Å². The average molecular weight is 520 g/mol. The Bertz CT molecular complexity index is 845. The van der Waals surface area contributed by atoms with Crippen LogP contribution >= 0.6 is 24.0 Å². The maximum atomic E-state index is 14.0. The first-order valence-corrected chi connectivity index (χ1v) is 9.00. The molecule has 5 nitrogen and oxygen atoms in total. The first kappa shape index (κ1) is 23.1. The highest BCUT2D eigenvalue weighted by Gasteiger charge is 2.27. The van der Waals surface area contributed by atoms with Gasteiger partial charge in [-0.25, -0.2) is 13.2 Å². The number of aliphatic imine (C=N–C) groups is 1. The number of halogens is 4. The molecule has 2 N–H and O–H groups in total. The minimum Gasteiger partial charge on any atom is -0.494 e. The molecule has 158 valence electrons. The molecule has 0 bridgehead atoms. The standard InChI is InChI=1S/C20H23F3N4O.HI/c1-24-20(25-11-13-6-7-18(28-2)17(23)10-13)26-14-8-9-27(12-14)19-15(21)4-3-5-16(19)22;/h3-7,10,14H,8-9,11-12H2,1-2H3,(H2,24,25,26);1H. The predicted octanol–water partition coefficient (Wildman–Crippen LogP) is 3.67. The van der Waals surface area contributed by atoms with Crippen molar-refractivity contribution in [1.29, 1.82) is 0 Å². The molecule has 1 heterocycles. The number of anilines is 1. The number of para-hydroxylation sites is 1. The third-order valence-corrected chi connectivity index (χ3v) is 4.68. The lowest BCUT2D eigenvalue weighted by Gasteiger charge is -2.21. The SMILES string of the molecule is CN=C(NCc1ccc(OC)c(F)c1)NC1CCN(c2c(F)cccc2F)C1.I. The number of ether oxygens (including phenoxy) is 1. The van der Waals surface area contributed by atoms with Crippen LogP contribution in [0.25, 0.3) is 0 Å². The number of nitrogens with one attached hydrogen (secondary N) is 2. The van der Waals surface area contributed by atoms with Gasteiger partial charge in [0.15, 0.2) is 17.5 Å². The molecular weight excluding hydrogens is 496 g/mol. The van der Waals surface area contributed by atoms with E-state index in [1.54, 1.807) is 24.1 Å². The van der Waals surface area contributed by atoms with Crippen LogP contribution in [-0.2, 0) is 6.54 Å². The van der Waals surface area contributed by atoms with Gasteiger partial charge in [0, 0.05) is 32.7 Å². The van der Waals surface area contributed by atoms with Crippen LogP contribution < -0.4 is 20.3 Å². The topological polar surface area (TPSA) is 48.9 Å². The second kappa shape index (κ2) is 10.6. The van der Waals surface area contributed by atoms with Crippen LogP contribution in [0.2, 0.25) is 0 Å². The zero-order chi connectivity index (χ0) is 20.1. The molecule has 9 heteroatoms. The number of benzene rings is 2. The summed E-state index contributed by atoms with van der Waals surface area (Å²) in [6, 6.07) is 8.59. The summed E-state index contributed by atoms with van der Waals surface area (Å²) in [6.45, 7) is 1.37. The van der Waals surface area contributed by atoms with Crippen molar-refractivity contribution in [3.63, 3.8) is 0 Å². The number of nitrogens with zero attached hydrogens (tertiary/aromatic N) is 2. The first-order valence-electron chi connectivity index (χ1n) is 9.00. The Morgan fingerprint density at radius 1 is 1.17 bits per heavy atom. The van der Waals surface area contributed by atoms with Crippen molar-refractivity contribution in [1.82, 2.24) is 10.6 Å². The van der Waals surface area contributed by atoms with E-state index in [1.807, 2.05) is 0 Å². The van der Waals surface area contributed by atoms with Crippen molar-refractivity contribution >= 4 is 35.6 Å².